The normalized spacial score (nSPS) is 11.0. The number of carbonyl (C=O) groups excluding carboxylic acids is 2. The lowest BCUT2D eigenvalue weighted by Crippen LogP contribution is -2.14. The summed E-state index contributed by atoms with van der Waals surface area (Å²) in [6.45, 7) is 1.35. The second-order valence-electron chi connectivity index (χ2n) is 4.76. The molecule has 0 aliphatic carbocycles. The number of pyridine rings is 1. The van der Waals surface area contributed by atoms with Crippen LogP contribution in [0.5, 0.6) is 0 Å². The highest BCUT2D eigenvalue weighted by molar-refractivity contribution is 6.33. The summed E-state index contributed by atoms with van der Waals surface area (Å²) in [7, 11) is 0. The fraction of sp³-hybridized carbons (Fsp3) is 0.133. The first kappa shape index (κ1) is 17.7. The highest BCUT2D eigenvalue weighted by Gasteiger charge is 2.31. The third-order valence-electron chi connectivity index (χ3n) is 2.87. The van der Waals surface area contributed by atoms with Crippen molar-refractivity contribution in [3.05, 3.63) is 52.7 Å². The summed E-state index contributed by atoms with van der Waals surface area (Å²) in [5, 5.41) is 4.54. The number of hydrogen-bond acceptors (Lipinski definition) is 3. The highest BCUT2D eigenvalue weighted by Crippen LogP contribution is 2.32. The Hall–Kier alpha value is -2.61. The minimum Gasteiger partial charge on any atom is -0.326 e. The van der Waals surface area contributed by atoms with E-state index in [2.05, 4.69) is 15.6 Å². The number of nitrogens with zero attached hydrogens (tertiary/aromatic N) is 1. The number of halogens is 4. The molecule has 9 heteroatoms. The Morgan fingerprint density at radius 3 is 2.25 bits per heavy atom. The van der Waals surface area contributed by atoms with Crippen molar-refractivity contribution < 1.29 is 22.8 Å². The van der Waals surface area contributed by atoms with Crippen molar-refractivity contribution in [2.24, 2.45) is 0 Å². The molecule has 2 aromatic rings. The van der Waals surface area contributed by atoms with Gasteiger partial charge in [0.1, 0.15) is 0 Å². The molecule has 126 valence electrons. The Morgan fingerprint density at radius 1 is 1.12 bits per heavy atom. The van der Waals surface area contributed by atoms with Crippen molar-refractivity contribution in [3.8, 4) is 0 Å². The molecule has 1 aromatic carbocycles. The van der Waals surface area contributed by atoms with E-state index < -0.39 is 17.6 Å². The molecule has 0 aliphatic heterocycles. The Balaban J connectivity index is 2.13. The number of hydrogen-bond donors (Lipinski definition) is 2. The molecule has 1 aromatic heterocycles. The third kappa shape index (κ3) is 4.45. The zero-order chi connectivity index (χ0) is 17.9. The average molecular weight is 358 g/mol. The van der Waals surface area contributed by atoms with E-state index in [9.17, 15) is 22.8 Å². The summed E-state index contributed by atoms with van der Waals surface area (Å²) in [5.74, 6) is -1.04. The largest absolute Gasteiger partial charge is 0.417 e. The van der Waals surface area contributed by atoms with E-state index in [0.717, 1.165) is 0 Å². The molecule has 0 saturated carbocycles. The van der Waals surface area contributed by atoms with Crippen LogP contribution in [0, 0.1) is 0 Å². The van der Waals surface area contributed by atoms with Crippen LogP contribution in [0.15, 0.2) is 36.5 Å². The Bertz CT molecular complexity index is 777. The number of amides is 2. The molecule has 0 saturated heterocycles. The van der Waals surface area contributed by atoms with Gasteiger partial charge in [-0.1, -0.05) is 11.6 Å². The molecular formula is C15H11ClF3N3O2. The Labute approximate surface area is 139 Å². The van der Waals surface area contributed by atoms with Crippen molar-refractivity contribution in [1.82, 2.24) is 4.98 Å². The molecule has 24 heavy (non-hydrogen) atoms. The predicted molar refractivity (Wildman–Crippen MR) is 82.9 cm³/mol. The summed E-state index contributed by atoms with van der Waals surface area (Å²) in [6.07, 6.45) is -3.99. The van der Waals surface area contributed by atoms with Gasteiger partial charge in [0, 0.05) is 24.4 Å². The molecule has 0 aliphatic rings. The molecule has 5 nitrogen and oxygen atoms in total. The average Bonchev–Trinajstić information content (AvgIpc) is 2.48. The molecule has 2 amide bonds. The first-order chi connectivity index (χ1) is 11.2. The van der Waals surface area contributed by atoms with Crippen LogP contribution in [0.3, 0.4) is 0 Å². The van der Waals surface area contributed by atoms with Crippen molar-refractivity contribution in [2.45, 2.75) is 13.1 Å². The van der Waals surface area contributed by atoms with E-state index in [1.54, 1.807) is 0 Å². The van der Waals surface area contributed by atoms with Gasteiger partial charge in [0.15, 0.2) is 5.82 Å². The van der Waals surface area contributed by atoms with E-state index in [1.807, 2.05) is 0 Å². The second kappa shape index (κ2) is 6.88. The minimum absolute atomic E-state index is 0.180. The van der Waals surface area contributed by atoms with Gasteiger partial charge < -0.3 is 10.6 Å². The van der Waals surface area contributed by atoms with E-state index in [4.69, 9.17) is 11.6 Å². The molecule has 0 fully saturated rings. The molecule has 0 spiro atoms. The van der Waals surface area contributed by atoms with Crippen molar-refractivity contribution in [3.63, 3.8) is 0 Å². The first-order valence-electron chi connectivity index (χ1n) is 6.58. The van der Waals surface area contributed by atoms with Crippen molar-refractivity contribution in [1.29, 1.82) is 0 Å². The smallest absolute Gasteiger partial charge is 0.326 e. The van der Waals surface area contributed by atoms with E-state index >= 15 is 0 Å². The summed E-state index contributed by atoms with van der Waals surface area (Å²) < 4.78 is 37.6. The van der Waals surface area contributed by atoms with Crippen LogP contribution < -0.4 is 10.6 Å². The van der Waals surface area contributed by atoms with Crippen LogP contribution in [-0.2, 0) is 11.0 Å². The number of alkyl halides is 3. The summed E-state index contributed by atoms with van der Waals surface area (Å²) in [4.78, 5) is 26.5. The molecule has 1 heterocycles. The molecule has 0 unspecified atom stereocenters. The number of rotatable bonds is 3. The maximum atomic E-state index is 12.5. The van der Waals surface area contributed by atoms with Crippen LogP contribution >= 0.6 is 11.6 Å². The fourth-order valence-electron chi connectivity index (χ4n) is 1.77. The minimum atomic E-state index is -4.57. The van der Waals surface area contributed by atoms with Crippen LogP contribution in [0.25, 0.3) is 0 Å². The van der Waals surface area contributed by atoms with Crippen molar-refractivity contribution in [2.75, 3.05) is 10.6 Å². The van der Waals surface area contributed by atoms with E-state index in [0.29, 0.717) is 18.0 Å². The zero-order valence-electron chi connectivity index (χ0n) is 12.2. The van der Waals surface area contributed by atoms with Crippen LogP contribution in [-0.4, -0.2) is 16.8 Å². The number of anilines is 2. The number of nitrogens with one attached hydrogen (secondary N) is 2. The molecule has 2 rings (SSSR count). The number of carbonyl (C=O) groups is 2. The van der Waals surface area contributed by atoms with E-state index in [1.165, 1.54) is 31.2 Å². The third-order valence-corrected chi connectivity index (χ3v) is 3.16. The zero-order valence-corrected chi connectivity index (χ0v) is 13.0. The summed E-state index contributed by atoms with van der Waals surface area (Å²) >= 11 is 5.72. The maximum absolute atomic E-state index is 12.5. The molecule has 0 radical (unpaired) electrons. The second-order valence-corrected chi connectivity index (χ2v) is 5.17. The topological polar surface area (TPSA) is 71.1 Å². The van der Waals surface area contributed by atoms with Gasteiger partial charge >= 0.3 is 6.18 Å². The number of benzene rings is 1. The van der Waals surface area contributed by atoms with Gasteiger partial charge in [0.05, 0.1) is 10.6 Å². The van der Waals surface area contributed by atoms with Gasteiger partial charge in [-0.05, 0) is 30.3 Å². The van der Waals surface area contributed by atoms with Crippen LogP contribution in [0.4, 0.5) is 24.7 Å². The van der Waals surface area contributed by atoms with Gasteiger partial charge in [-0.25, -0.2) is 4.98 Å². The number of aromatic nitrogens is 1. The first-order valence-corrected chi connectivity index (χ1v) is 6.96. The van der Waals surface area contributed by atoms with E-state index in [-0.39, 0.29) is 22.3 Å². The standard InChI is InChI=1S/C15H11ClF3N3O2/c1-8(23)21-11-4-2-9(3-5-11)14(24)22-13-12(16)6-10(7-20-13)15(17,18)19/h2-7H,1H3,(H,21,23)(H,20,22,24). The predicted octanol–water partition coefficient (Wildman–Crippen LogP) is 3.96. The fourth-order valence-corrected chi connectivity index (χ4v) is 1.99. The SMILES string of the molecule is CC(=O)Nc1ccc(C(=O)Nc2ncc(C(F)(F)F)cc2Cl)cc1. The van der Waals surface area contributed by atoms with Gasteiger partial charge in [-0.15, -0.1) is 0 Å². The van der Waals surface area contributed by atoms with Crippen molar-refractivity contribution >= 4 is 34.9 Å². The molecule has 2 N–H and O–H groups in total. The van der Waals surface area contributed by atoms with Gasteiger partial charge in [-0.3, -0.25) is 9.59 Å². The Morgan fingerprint density at radius 2 is 1.75 bits per heavy atom. The summed E-state index contributed by atoms with van der Waals surface area (Å²) in [6, 6.07) is 6.59. The highest BCUT2D eigenvalue weighted by atomic mass is 35.5. The molecule has 0 bridgehead atoms. The Kier molecular flexibility index (Phi) is 5.08. The van der Waals surface area contributed by atoms with Gasteiger partial charge in [0.25, 0.3) is 5.91 Å². The van der Waals surface area contributed by atoms with Gasteiger partial charge in [0.2, 0.25) is 5.91 Å². The summed E-state index contributed by atoms with van der Waals surface area (Å²) in [5.41, 5.74) is -0.281. The molecule has 0 atom stereocenters. The maximum Gasteiger partial charge on any atom is 0.417 e. The quantitative estimate of drug-likeness (QED) is 0.873. The lowest BCUT2D eigenvalue weighted by atomic mass is 10.2. The molecular weight excluding hydrogens is 347 g/mol. The lowest BCUT2D eigenvalue weighted by molar-refractivity contribution is -0.137. The van der Waals surface area contributed by atoms with Crippen LogP contribution in [0.2, 0.25) is 5.02 Å². The lowest BCUT2D eigenvalue weighted by Gasteiger charge is -2.10. The van der Waals surface area contributed by atoms with Crippen LogP contribution in [0.1, 0.15) is 22.8 Å². The van der Waals surface area contributed by atoms with Gasteiger partial charge in [-0.2, -0.15) is 13.2 Å². The monoisotopic (exact) mass is 357 g/mol.